The molecule has 1 aliphatic heterocycles. The highest BCUT2D eigenvalue weighted by atomic mass is 16.5. The van der Waals surface area contributed by atoms with E-state index in [4.69, 9.17) is 4.74 Å². The van der Waals surface area contributed by atoms with Gasteiger partial charge in [0.1, 0.15) is 12.4 Å². The molecule has 2 rings (SSSR count). The first-order valence-corrected chi connectivity index (χ1v) is 7.45. The lowest BCUT2D eigenvalue weighted by atomic mass is 10.2. The molecule has 1 aliphatic rings. The maximum Gasteiger partial charge on any atom is 0.319 e. The molecular weight excluding hydrogens is 266 g/mol. The van der Waals surface area contributed by atoms with E-state index in [0.717, 1.165) is 38.5 Å². The molecule has 1 aromatic carbocycles. The van der Waals surface area contributed by atoms with Gasteiger partial charge in [-0.1, -0.05) is 18.2 Å². The zero-order valence-corrected chi connectivity index (χ0v) is 13.2. The van der Waals surface area contributed by atoms with Crippen molar-refractivity contribution in [1.82, 2.24) is 14.7 Å². The molecule has 1 aromatic rings. The van der Waals surface area contributed by atoms with Gasteiger partial charge in [-0.25, -0.2) is 4.79 Å². The minimum Gasteiger partial charge on any atom is -0.492 e. The molecule has 0 atom stereocenters. The highest BCUT2D eigenvalue weighted by Crippen LogP contribution is 2.16. The molecule has 0 N–H and O–H groups in total. The summed E-state index contributed by atoms with van der Waals surface area (Å²) in [6.07, 6.45) is 0. The Balaban J connectivity index is 1.70. The standard InChI is InChI=1S/C16H25N3O2/c1-14-6-4-5-7-15(14)21-13-12-18-8-10-19(11-9-18)16(20)17(2)3/h4-7H,8-13H2,1-3H3. The van der Waals surface area contributed by atoms with Crippen LogP contribution in [-0.2, 0) is 0 Å². The summed E-state index contributed by atoms with van der Waals surface area (Å²) in [5.41, 5.74) is 1.17. The summed E-state index contributed by atoms with van der Waals surface area (Å²) in [5.74, 6) is 0.957. The molecule has 0 saturated carbocycles. The lowest BCUT2D eigenvalue weighted by molar-refractivity contribution is 0.113. The Morgan fingerprint density at radius 3 is 2.48 bits per heavy atom. The van der Waals surface area contributed by atoms with E-state index in [-0.39, 0.29) is 6.03 Å². The van der Waals surface area contributed by atoms with Crippen molar-refractivity contribution >= 4 is 6.03 Å². The van der Waals surface area contributed by atoms with Crippen molar-refractivity contribution < 1.29 is 9.53 Å². The van der Waals surface area contributed by atoms with E-state index >= 15 is 0 Å². The van der Waals surface area contributed by atoms with Crippen LogP contribution in [-0.4, -0.2) is 74.2 Å². The number of para-hydroxylation sites is 1. The molecule has 0 unspecified atom stereocenters. The fraction of sp³-hybridized carbons (Fsp3) is 0.562. The molecule has 21 heavy (non-hydrogen) atoms. The van der Waals surface area contributed by atoms with Gasteiger partial charge in [-0.2, -0.15) is 0 Å². The zero-order valence-electron chi connectivity index (χ0n) is 13.2. The van der Waals surface area contributed by atoms with Crippen molar-refractivity contribution in [1.29, 1.82) is 0 Å². The van der Waals surface area contributed by atoms with E-state index in [2.05, 4.69) is 17.9 Å². The third-order valence-corrected chi connectivity index (χ3v) is 3.78. The minimum absolute atomic E-state index is 0.103. The highest BCUT2D eigenvalue weighted by Gasteiger charge is 2.21. The van der Waals surface area contributed by atoms with Crippen LogP contribution in [0.1, 0.15) is 5.56 Å². The maximum absolute atomic E-state index is 11.8. The number of hydrogen-bond acceptors (Lipinski definition) is 3. The Morgan fingerprint density at radius 2 is 1.86 bits per heavy atom. The summed E-state index contributed by atoms with van der Waals surface area (Å²) in [5, 5.41) is 0. The van der Waals surface area contributed by atoms with E-state index in [9.17, 15) is 4.79 Å². The Bertz CT molecular complexity index is 468. The Kier molecular flexibility index (Phi) is 5.44. The van der Waals surface area contributed by atoms with Crippen LogP contribution < -0.4 is 4.74 Å². The van der Waals surface area contributed by atoms with E-state index in [1.807, 2.05) is 23.1 Å². The first-order chi connectivity index (χ1) is 10.1. The average Bonchev–Trinajstić information content (AvgIpc) is 2.49. The van der Waals surface area contributed by atoms with Crippen molar-refractivity contribution in [2.45, 2.75) is 6.92 Å². The molecule has 2 amide bonds. The Morgan fingerprint density at radius 1 is 1.19 bits per heavy atom. The summed E-state index contributed by atoms with van der Waals surface area (Å²) in [6.45, 7) is 7.06. The third-order valence-electron chi connectivity index (χ3n) is 3.78. The van der Waals surface area contributed by atoms with Crippen LogP contribution in [0.15, 0.2) is 24.3 Å². The van der Waals surface area contributed by atoms with Crippen LogP contribution in [0.2, 0.25) is 0 Å². The molecule has 5 heteroatoms. The van der Waals surface area contributed by atoms with E-state index in [1.54, 1.807) is 19.0 Å². The zero-order chi connectivity index (χ0) is 15.2. The first kappa shape index (κ1) is 15.6. The number of urea groups is 1. The fourth-order valence-electron chi connectivity index (χ4n) is 2.45. The molecule has 0 aromatic heterocycles. The van der Waals surface area contributed by atoms with E-state index < -0.39 is 0 Å². The monoisotopic (exact) mass is 291 g/mol. The second-order valence-electron chi connectivity index (χ2n) is 5.62. The van der Waals surface area contributed by atoms with Gasteiger partial charge in [0.05, 0.1) is 0 Å². The number of benzene rings is 1. The summed E-state index contributed by atoms with van der Waals surface area (Å²) < 4.78 is 5.82. The van der Waals surface area contributed by atoms with Crippen LogP contribution in [0.4, 0.5) is 4.79 Å². The second kappa shape index (κ2) is 7.31. The molecule has 0 radical (unpaired) electrons. The number of hydrogen-bond donors (Lipinski definition) is 0. The number of piperazine rings is 1. The van der Waals surface area contributed by atoms with Gasteiger partial charge in [0.15, 0.2) is 0 Å². The second-order valence-corrected chi connectivity index (χ2v) is 5.62. The predicted molar refractivity (Wildman–Crippen MR) is 83.8 cm³/mol. The maximum atomic E-state index is 11.8. The minimum atomic E-state index is 0.103. The summed E-state index contributed by atoms with van der Waals surface area (Å²) >= 11 is 0. The van der Waals surface area contributed by atoms with Crippen LogP contribution in [0.3, 0.4) is 0 Å². The molecule has 0 aliphatic carbocycles. The molecule has 1 saturated heterocycles. The predicted octanol–water partition coefficient (Wildman–Crippen LogP) is 1.67. The van der Waals surface area contributed by atoms with Gasteiger partial charge in [-0.3, -0.25) is 4.90 Å². The quantitative estimate of drug-likeness (QED) is 0.846. The Hall–Kier alpha value is -1.75. The average molecular weight is 291 g/mol. The molecule has 1 heterocycles. The summed E-state index contributed by atoms with van der Waals surface area (Å²) in [7, 11) is 3.59. The number of carbonyl (C=O) groups excluding carboxylic acids is 1. The number of carbonyl (C=O) groups is 1. The van der Waals surface area contributed by atoms with Crippen molar-refractivity contribution in [3.63, 3.8) is 0 Å². The smallest absolute Gasteiger partial charge is 0.319 e. The first-order valence-electron chi connectivity index (χ1n) is 7.45. The van der Waals surface area contributed by atoms with Gasteiger partial charge in [0, 0.05) is 46.8 Å². The topological polar surface area (TPSA) is 36.0 Å². The SMILES string of the molecule is Cc1ccccc1OCCN1CCN(C(=O)N(C)C)CC1. The van der Waals surface area contributed by atoms with Gasteiger partial charge < -0.3 is 14.5 Å². The Labute approximate surface area is 127 Å². The van der Waals surface area contributed by atoms with Crippen LogP contribution in [0.5, 0.6) is 5.75 Å². The lowest BCUT2D eigenvalue weighted by Crippen LogP contribution is -2.52. The van der Waals surface area contributed by atoms with Crippen molar-refractivity contribution in [2.24, 2.45) is 0 Å². The molecule has 5 nitrogen and oxygen atoms in total. The largest absolute Gasteiger partial charge is 0.492 e. The van der Waals surface area contributed by atoms with Crippen molar-refractivity contribution in [3.05, 3.63) is 29.8 Å². The fourth-order valence-corrected chi connectivity index (χ4v) is 2.45. The van der Waals surface area contributed by atoms with Crippen LogP contribution in [0, 0.1) is 6.92 Å². The highest BCUT2D eigenvalue weighted by molar-refractivity contribution is 5.73. The molecule has 1 fully saturated rings. The number of aryl methyl sites for hydroxylation is 1. The van der Waals surface area contributed by atoms with Crippen molar-refractivity contribution in [3.8, 4) is 5.75 Å². The van der Waals surface area contributed by atoms with Gasteiger partial charge in [0.25, 0.3) is 0 Å². The summed E-state index contributed by atoms with van der Waals surface area (Å²) in [6, 6.07) is 8.17. The number of rotatable bonds is 4. The molecule has 116 valence electrons. The third kappa shape index (κ3) is 4.36. The van der Waals surface area contributed by atoms with Crippen LogP contribution in [0.25, 0.3) is 0 Å². The number of nitrogens with zero attached hydrogens (tertiary/aromatic N) is 3. The summed E-state index contributed by atoms with van der Waals surface area (Å²) in [4.78, 5) is 17.7. The number of amides is 2. The van der Waals surface area contributed by atoms with Crippen LogP contribution >= 0.6 is 0 Å². The molecule has 0 bridgehead atoms. The van der Waals surface area contributed by atoms with E-state index in [1.165, 1.54) is 5.56 Å². The van der Waals surface area contributed by atoms with Gasteiger partial charge in [-0.05, 0) is 18.6 Å². The van der Waals surface area contributed by atoms with Gasteiger partial charge >= 0.3 is 6.03 Å². The van der Waals surface area contributed by atoms with Gasteiger partial charge in [-0.15, -0.1) is 0 Å². The van der Waals surface area contributed by atoms with Crippen molar-refractivity contribution in [2.75, 3.05) is 53.4 Å². The normalized spacial score (nSPS) is 15.9. The molecular formula is C16H25N3O2. The lowest BCUT2D eigenvalue weighted by Gasteiger charge is -2.35. The number of ether oxygens (including phenoxy) is 1. The molecule has 0 spiro atoms. The van der Waals surface area contributed by atoms with E-state index in [0.29, 0.717) is 6.61 Å². The van der Waals surface area contributed by atoms with Gasteiger partial charge in [0.2, 0.25) is 0 Å².